The monoisotopic (exact) mass is 538 g/mol. The SMILES string of the molecule is CCOc1cc(/C=C(\C#N)C(=O)Nc2ccccc2)cc(Br)c1Cc1ccccc1Br. The predicted molar refractivity (Wildman–Crippen MR) is 131 cm³/mol. The second-order valence-corrected chi connectivity index (χ2v) is 8.38. The van der Waals surface area contributed by atoms with Crippen molar-refractivity contribution in [3.05, 3.63) is 97.9 Å². The van der Waals surface area contributed by atoms with Gasteiger partial charge in [-0.15, -0.1) is 0 Å². The van der Waals surface area contributed by atoms with Crippen molar-refractivity contribution in [3.8, 4) is 11.8 Å². The van der Waals surface area contributed by atoms with Crippen LogP contribution >= 0.6 is 31.9 Å². The molecule has 0 saturated heterocycles. The molecular formula is C25H20Br2N2O2. The average Bonchev–Trinajstić information content (AvgIpc) is 2.76. The Hall–Kier alpha value is -2.88. The third-order valence-electron chi connectivity index (χ3n) is 4.51. The van der Waals surface area contributed by atoms with Gasteiger partial charge in [-0.2, -0.15) is 5.26 Å². The van der Waals surface area contributed by atoms with Gasteiger partial charge in [0.1, 0.15) is 17.4 Å². The van der Waals surface area contributed by atoms with Gasteiger partial charge in [0.05, 0.1) is 6.61 Å². The number of amides is 1. The summed E-state index contributed by atoms with van der Waals surface area (Å²) < 4.78 is 7.76. The first kappa shape index (κ1) is 22.8. The quantitative estimate of drug-likeness (QED) is 0.267. The fourth-order valence-electron chi connectivity index (χ4n) is 3.04. The van der Waals surface area contributed by atoms with Gasteiger partial charge in [0, 0.05) is 26.6 Å². The number of halogens is 2. The molecule has 3 aromatic carbocycles. The van der Waals surface area contributed by atoms with Gasteiger partial charge >= 0.3 is 0 Å². The maximum absolute atomic E-state index is 12.5. The van der Waals surface area contributed by atoms with Crippen LogP contribution in [0.1, 0.15) is 23.6 Å². The molecule has 0 radical (unpaired) electrons. The molecular weight excluding hydrogens is 520 g/mol. The van der Waals surface area contributed by atoms with Crippen LogP contribution in [0.3, 0.4) is 0 Å². The third kappa shape index (κ3) is 6.06. The van der Waals surface area contributed by atoms with Crippen molar-refractivity contribution in [3.63, 3.8) is 0 Å². The first-order chi connectivity index (χ1) is 15.0. The summed E-state index contributed by atoms with van der Waals surface area (Å²) in [7, 11) is 0. The van der Waals surface area contributed by atoms with Crippen LogP contribution in [-0.2, 0) is 11.2 Å². The number of nitriles is 1. The van der Waals surface area contributed by atoms with Crippen molar-refractivity contribution in [2.24, 2.45) is 0 Å². The first-order valence-corrected chi connectivity index (χ1v) is 11.3. The Bertz CT molecular complexity index is 1150. The molecule has 0 heterocycles. The lowest BCUT2D eigenvalue weighted by Crippen LogP contribution is -2.13. The summed E-state index contributed by atoms with van der Waals surface area (Å²) in [6, 6.07) is 22.8. The average molecular weight is 540 g/mol. The highest BCUT2D eigenvalue weighted by Gasteiger charge is 2.15. The van der Waals surface area contributed by atoms with Crippen molar-refractivity contribution in [2.75, 3.05) is 11.9 Å². The zero-order valence-electron chi connectivity index (χ0n) is 16.9. The molecule has 0 aliphatic carbocycles. The maximum Gasteiger partial charge on any atom is 0.266 e. The second kappa shape index (κ2) is 10.9. The van der Waals surface area contributed by atoms with Gasteiger partial charge in [0.25, 0.3) is 5.91 Å². The van der Waals surface area contributed by atoms with Crippen LogP contribution in [0.4, 0.5) is 5.69 Å². The zero-order chi connectivity index (χ0) is 22.2. The topological polar surface area (TPSA) is 62.1 Å². The molecule has 0 aromatic heterocycles. The van der Waals surface area contributed by atoms with E-state index in [1.807, 2.05) is 61.5 Å². The van der Waals surface area contributed by atoms with E-state index < -0.39 is 5.91 Å². The number of carbonyl (C=O) groups excluding carboxylic acids is 1. The molecule has 0 unspecified atom stereocenters. The fourth-order valence-corrected chi connectivity index (χ4v) is 4.06. The number of carbonyl (C=O) groups is 1. The van der Waals surface area contributed by atoms with E-state index in [1.54, 1.807) is 18.2 Å². The van der Waals surface area contributed by atoms with Gasteiger partial charge in [0.2, 0.25) is 0 Å². The van der Waals surface area contributed by atoms with Crippen LogP contribution in [-0.4, -0.2) is 12.5 Å². The van der Waals surface area contributed by atoms with E-state index in [0.29, 0.717) is 30.0 Å². The van der Waals surface area contributed by atoms with E-state index in [0.717, 1.165) is 20.1 Å². The Morgan fingerprint density at radius 3 is 2.45 bits per heavy atom. The van der Waals surface area contributed by atoms with Crippen molar-refractivity contribution in [1.82, 2.24) is 0 Å². The molecule has 6 heteroatoms. The molecule has 31 heavy (non-hydrogen) atoms. The summed E-state index contributed by atoms with van der Waals surface area (Å²) in [6.07, 6.45) is 2.23. The molecule has 0 spiro atoms. The molecule has 0 atom stereocenters. The van der Waals surface area contributed by atoms with Crippen molar-refractivity contribution < 1.29 is 9.53 Å². The van der Waals surface area contributed by atoms with Crippen LogP contribution in [0.25, 0.3) is 6.08 Å². The minimum Gasteiger partial charge on any atom is -0.494 e. The Balaban J connectivity index is 1.93. The molecule has 3 aromatic rings. The summed E-state index contributed by atoms with van der Waals surface area (Å²) in [5.41, 5.74) is 3.47. The van der Waals surface area contributed by atoms with E-state index in [4.69, 9.17) is 4.74 Å². The molecule has 156 valence electrons. The van der Waals surface area contributed by atoms with Gasteiger partial charge < -0.3 is 10.1 Å². The fraction of sp³-hybridized carbons (Fsp3) is 0.120. The summed E-state index contributed by atoms with van der Waals surface area (Å²) in [4.78, 5) is 12.5. The molecule has 1 amide bonds. The van der Waals surface area contributed by atoms with Crippen LogP contribution in [0.2, 0.25) is 0 Å². The van der Waals surface area contributed by atoms with Gasteiger partial charge in [0.15, 0.2) is 0 Å². The lowest BCUT2D eigenvalue weighted by molar-refractivity contribution is -0.112. The maximum atomic E-state index is 12.5. The summed E-state index contributed by atoms with van der Waals surface area (Å²) in [5.74, 6) is 0.250. The number of nitrogens with zero attached hydrogens (tertiary/aromatic N) is 1. The summed E-state index contributed by atoms with van der Waals surface area (Å²) in [6.45, 7) is 2.43. The number of rotatable bonds is 7. The number of hydrogen-bond acceptors (Lipinski definition) is 3. The third-order valence-corrected chi connectivity index (χ3v) is 5.99. The van der Waals surface area contributed by atoms with Gasteiger partial charge in [-0.1, -0.05) is 68.3 Å². The van der Waals surface area contributed by atoms with E-state index in [-0.39, 0.29) is 5.57 Å². The minimum absolute atomic E-state index is 0.0109. The molecule has 0 aliphatic rings. The number of ether oxygens (including phenoxy) is 1. The van der Waals surface area contributed by atoms with Crippen LogP contribution in [0, 0.1) is 11.3 Å². The zero-order valence-corrected chi connectivity index (χ0v) is 20.0. The molecule has 1 N–H and O–H groups in total. The molecule has 0 fully saturated rings. The Morgan fingerprint density at radius 1 is 1.06 bits per heavy atom. The number of anilines is 1. The Kier molecular flexibility index (Phi) is 8.05. The molecule has 0 bridgehead atoms. The van der Waals surface area contributed by atoms with Crippen molar-refractivity contribution in [1.29, 1.82) is 5.26 Å². The molecule has 0 saturated carbocycles. The lowest BCUT2D eigenvalue weighted by atomic mass is 10.0. The summed E-state index contributed by atoms with van der Waals surface area (Å²) >= 11 is 7.24. The number of nitrogens with one attached hydrogen (secondary N) is 1. The molecule has 4 nitrogen and oxygen atoms in total. The van der Waals surface area contributed by atoms with Crippen LogP contribution in [0.5, 0.6) is 5.75 Å². The molecule has 0 aliphatic heterocycles. The van der Waals surface area contributed by atoms with Crippen LogP contribution in [0.15, 0.2) is 81.2 Å². The van der Waals surface area contributed by atoms with Crippen molar-refractivity contribution in [2.45, 2.75) is 13.3 Å². The van der Waals surface area contributed by atoms with Crippen LogP contribution < -0.4 is 10.1 Å². The second-order valence-electron chi connectivity index (χ2n) is 6.67. The number of benzene rings is 3. The summed E-state index contributed by atoms with van der Waals surface area (Å²) in [5, 5.41) is 12.3. The molecule has 3 rings (SSSR count). The van der Waals surface area contributed by atoms with E-state index in [9.17, 15) is 10.1 Å². The Morgan fingerprint density at radius 2 is 1.77 bits per heavy atom. The Labute approximate surface area is 198 Å². The van der Waals surface area contributed by atoms with Crippen molar-refractivity contribution >= 4 is 49.5 Å². The highest BCUT2D eigenvalue weighted by atomic mass is 79.9. The lowest BCUT2D eigenvalue weighted by Gasteiger charge is -2.15. The predicted octanol–water partition coefficient (Wildman–Crippen LogP) is 6.75. The largest absolute Gasteiger partial charge is 0.494 e. The van der Waals surface area contributed by atoms with Gasteiger partial charge in [-0.3, -0.25) is 4.79 Å². The number of para-hydroxylation sites is 1. The van der Waals surface area contributed by atoms with E-state index in [1.165, 1.54) is 0 Å². The first-order valence-electron chi connectivity index (χ1n) is 9.68. The van der Waals surface area contributed by atoms with E-state index >= 15 is 0 Å². The normalized spacial score (nSPS) is 11.0. The highest BCUT2D eigenvalue weighted by Crippen LogP contribution is 2.33. The van der Waals surface area contributed by atoms with E-state index in [2.05, 4.69) is 43.2 Å². The van der Waals surface area contributed by atoms with Gasteiger partial charge in [-0.05, 0) is 54.5 Å². The number of hydrogen-bond donors (Lipinski definition) is 1. The smallest absolute Gasteiger partial charge is 0.266 e. The minimum atomic E-state index is -0.458. The standard InChI is InChI=1S/C25H20Br2N2O2/c1-2-31-24-14-17(12-19(16-28)25(30)29-20-9-4-3-5-10-20)13-23(27)21(24)15-18-8-6-7-11-22(18)26/h3-14H,2,15H2,1H3,(H,29,30)/b19-12+. The highest BCUT2D eigenvalue weighted by molar-refractivity contribution is 9.10. The van der Waals surface area contributed by atoms with Gasteiger partial charge in [-0.25, -0.2) is 0 Å².